The highest BCUT2D eigenvalue weighted by Crippen LogP contribution is 2.37. The number of ether oxygens (including phenoxy) is 2. The molecule has 0 aliphatic carbocycles. The van der Waals surface area contributed by atoms with Gasteiger partial charge in [0.25, 0.3) is 0 Å². The van der Waals surface area contributed by atoms with Crippen molar-refractivity contribution in [3.8, 4) is 11.5 Å². The van der Waals surface area contributed by atoms with Crippen LogP contribution in [0, 0.1) is 5.82 Å². The van der Waals surface area contributed by atoms with Gasteiger partial charge in [-0.05, 0) is 41.5 Å². The molecule has 0 radical (unpaired) electrons. The van der Waals surface area contributed by atoms with Crippen LogP contribution >= 0.6 is 34.8 Å². The molecule has 7 heteroatoms. The molecule has 0 unspecified atom stereocenters. The number of rotatable bonds is 8. The quantitative estimate of drug-likeness (QED) is 0.412. The maximum Gasteiger partial charge on any atom is 0.180 e. The van der Waals surface area contributed by atoms with Crippen molar-refractivity contribution in [1.82, 2.24) is 5.32 Å². The Bertz CT molecular complexity index is 998. The van der Waals surface area contributed by atoms with Crippen molar-refractivity contribution in [1.29, 1.82) is 0 Å². The maximum absolute atomic E-state index is 13.2. The van der Waals surface area contributed by atoms with Crippen LogP contribution in [0.25, 0.3) is 0 Å². The van der Waals surface area contributed by atoms with Gasteiger partial charge in [0.15, 0.2) is 11.5 Å². The minimum atomic E-state index is -0.400. The van der Waals surface area contributed by atoms with Crippen LogP contribution in [0.4, 0.5) is 4.39 Å². The summed E-state index contributed by atoms with van der Waals surface area (Å²) in [6.07, 6.45) is 0. The van der Waals surface area contributed by atoms with E-state index in [1.54, 1.807) is 13.2 Å². The lowest BCUT2D eigenvalue weighted by molar-refractivity contribution is 0.284. The second-order valence-corrected chi connectivity index (χ2v) is 7.55. The van der Waals surface area contributed by atoms with Crippen LogP contribution in [0.3, 0.4) is 0 Å². The van der Waals surface area contributed by atoms with Gasteiger partial charge in [-0.3, -0.25) is 0 Å². The molecular weight excluding hydrogens is 436 g/mol. The van der Waals surface area contributed by atoms with Crippen LogP contribution in [0.5, 0.6) is 11.5 Å². The van der Waals surface area contributed by atoms with E-state index in [4.69, 9.17) is 44.3 Å². The maximum atomic E-state index is 13.2. The number of hydrogen-bond acceptors (Lipinski definition) is 3. The molecule has 0 heterocycles. The van der Waals surface area contributed by atoms with Crippen molar-refractivity contribution in [2.24, 2.45) is 0 Å². The molecule has 0 fully saturated rings. The van der Waals surface area contributed by atoms with Gasteiger partial charge in [0.1, 0.15) is 12.4 Å². The third-order valence-electron chi connectivity index (χ3n) is 4.28. The molecule has 0 aliphatic heterocycles. The number of halogens is 4. The first-order valence-corrected chi connectivity index (χ1v) is 9.98. The fraction of sp³-hybridized carbons (Fsp3) is 0.182. The van der Waals surface area contributed by atoms with E-state index in [0.29, 0.717) is 40.2 Å². The van der Waals surface area contributed by atoms with Gasteiger partial charge in [0.05, 0.1) is 17.2 Å². The predicted molar refractivity (Wildman–Crippen MR) is 116 cm³/mol. The third kappa shape index (κ3) is 5.77. The molecule has 0 amide bonds. The van der Waals surface area contributed by atoms with Gasteiger partial charge in [-0.1, -0.05) is 59.1 Å². The molecule has 0 aromatic heterocycles. The smallest absolute Gasteiger partial charge is 0.180 e. The SMILES string of the molecule is COc1cc(CNCc2ccccc2Cl)cc(Cl)c1OCc1ccc(F)cc1Cl. The highest BCUT2D eigenvalue weighted by Gasteiger charge is 2.13. The van der Waals surface area contributed by atoms with E-state index < -0.39 is 5.82 Å². The van der Waals surface area contributed by atoms with Crippen molar-refractivity contribution < 1.29 is 13.9 Å². The van der Waals surface area contributed by atoms with Gasteiger partial charge < -0.3 is 14.8 Å². The van der Waals surface area contributed by atoms with Crippen LogP contribution in [-0.2, 0) is 19.7 Å². The summed E-state index contributed by atoms with van der Waals surface area (Å²) in [6, 6.07) is 15.5. The molecule has 0 aliphatic rings. The van der Waals surface area contributed by atoms with Crippen molar-refractivity contribution in [3.63, 3.8) is 0 Å². The molecular formula is C22H19Cl3FNO2. The Labute approximate surface area is 184 Å². The monoisotopic (exact) mass is 453 g/mol. The van der Waals surface area contributed by atoms with Crippen molar-refractivity contribution in [3.05, 3.63) is 92.2 Å². The van der Waals surface area contributed by atoms with Crippen molar-refractivity contribution in [2.75, 3.05) is 7.11 Å². The first-order valence-electron chi connectivity index (χ1n) is 8.85. The first kappa shape index (κ1) is 21.7. The molecule has 0 spiro atoms. The number of methoxy groups -OCH3 is 1. The molecule has 3 aromatic rings. The Morgan fingerprint density at radius 3 is 2.38 bits per heavy atom. The van der Waals surface area contributed by atoms with Crippen LogP contribution in [0.2, 0.25) is 15.1 Å². The van der Waals surface area contributed by atoms with Crippen LogP contribution < -0.4 is 14.8 Å². The minimum Gasteiger partial charge on any atom is -0.493 e. The largest absolute Gasteiger partial charge is 0.493 e. The molecule has 0 bridgehead atoms. The van der Waals surface area contributed by atoms with Gasteiger partial charge >= 0.3 is 0 Å². The van der Waals surface area contributed by atoms with Gasteiger partial charge in [0, 0.05) is 23.7 Å². The molecule has 0 atom stereocenters. The Morgan fingerprint density at radius 1 is 0.862 bits per heavy atom. The Morgan fingerprint density at radius 2 is 1.66 bits per heavy atom. The molecule has 0 saturated carbocycles. The van der Waals surface area contributed by atoms with E-state index in [1.807, 2.05) is 36.4 Å². The van der Waals surface area contributed by atoms with Gasteiger partial charge in [-0.2, -0.15) is 0 Å². The molecule has 29 heavy (non-hydrogen) atoms. The Kier molecular flexibility index (Phi) is 7.62. The van der Waals surface area contributed by atoms with Gasteiger partial charge in [0.2, 0.25) is 0 Å². The zero-order chi connectivity index (χ0) is 20.8. The lowest BCUT2D eigenvalue weighted by atomic mass is 10.1. The van der Waals surface area contributed by atoms with E-state index >= 15 is 0 Å². The zero-order valence-electron chi connectivity index (χ0n) is 15.6. The van der Waals surface area contributed by atoms with Crippen LogP contribution in [-0.4, -0.2) is 7.11 Å². The average molecular weight is 455 g/mol. The molecule has 152 valence electrons. The van der Waals surface area contributed by atoms with Gasteiger partial charge in [-0.25, -0.2) is 4.39 Å². The fourth-order valence-corrected chi connectivity index (χ4v) is 3.50. The highest BCUT2D eigenvalue weighted by molar-refractivity contribution is 6.32. The molecule has 3 aromatic carbocycles. The highest BCUT2D eigenvalue weighted by atomic mass is 35.5. The summed E-state index contributed by atoms with van der Waals surface area (Å²) >= 11 is 18.6. The molecule has 3 nitrogen and oxygen atoms in total. The summed E-state index contributed by atoms with van der Waals surface area (Å²) in [6.45, 7) is 1.34. The first-order chi connectivity index (χ1) is 14.0. The molecule has 0 saturated heterocycles. The standard InChI is InChI=1S/C22H19Cl3FNO2/c1-28-21-9-14(11-27-12-15-4-2-3-5-18(15)23)8-20(25)22(21)29-13-16-6-7-17(26)10-19(16)24/h2-10,27H,11-13H2,1H3. The topological polar surface area (TPSA) is 30.5 Å². The Balaban J connectivity index is 1.67. The predicted octanol–water partition coefficient (Wildman–Crippen LogP) is 6.66. The fourth-order valence-electron chi connectivity index (χ4n) is 2.79. The van der Waals surface area contributed by atoms with E-state index in [1.165, 1.54) is 12.1 Å². The number of benzene rings is 3. The summed E-state index contributed by atoms with van der Waals surface area (Å²) in [4.78, 5) is 0. The molecule has 3 rings (SSSR count). The Hall–Kier alpha value is -1.98. The van der Waals surface area contributed by atoms with Crippen LogP contribution in [0.15, 0.2) is 54.6 Å². The number of nitrogens with one attached hydrogen (secondary N) is 1. The zero-order valence-corrected chi connectivity index (χ0v) is 17.9. The lowest BCUT2D eigenvalue weighted by Crippen LogP contribution is -2.13. The van der Waals surface area contributed by atoms with Crippen molar-refractivity contribution >= 4 is 34.8 Å². The summed E-state index contributed by atoms with van der Waals surface area (Å²) in [7, 11) is 1.55. The normalized spacial score (nSPS) is 10.8. The summed E-state index contributed by atoms with van der Waals surface area (Å²) in [5.74, 6) is 0.512. The summed E-state index contributed by atoms with van der Waals surface area (Å²) in [5, 5.41) is 4.76. The molecule has 1 N–H and O–H groups in total. The summed E-state index contributed by atoms with van der Waals surface area (Å²) in [5.41, 5.74) is 2.60. The minimum absolute atomic E-state index is 0.138. The van der Waals surface area contributed by atoms with E-state index in [-0.39, 0.29) is 6.61 Å². The van der Waals surface area contributed by atoms with E-state index in [0.717, 1.165) is 16.1 Å². The van der Waals surface area contributed by atoms with Gasteiger partial charge in [-0.15, -0.1) is 0 Å². The second kappa shape index (κ2) is 10.2. The summed E-state index contributed by atoms with van der Waals surface area (Å²) < 4.78 is 24.4. The van der Waals surface area contributed by atoms with Crippen molar-refractivity contribution in [2.45, 2.75) is 19.7 Å². The van der Waals surface area contributed by atoms with E-state index in [9.17, 15) is 4.39 Å². The van der Waals surface area contributed by atoms with E-state index in [2.05, 4.69) is 5.32 Å². The lowest BCUT2D eigenvalue weighted by Gasteiger charge is -2.15. The third-order valence-corrected chi connectivity index (χ3v) is 5.28. The average Bonchev–Trinajstić information content (AvgIpc) is 2.69. The van der Waals surface area contributed by atoms with Crippen LogP contribution in [0.1, 0.15) is 16.7 Å². The second-order valence-electron chi connectivity index (χ2n) is 6.33. The number of hydrogen-bond donors (Lipinski definition) is 1.